The average Bonchev–Trinajstić information content (AvgIpc) is 2.35. The quantitative estimate of drug-likeness (QED) is 0.454. The number of ether oxygens (including phenoxy) is 2. The van der Waals surface area contributed by atoms with Crippen LogP contribution in [0.3, 0.4) is 0 Å². The Bertz CT molecular complexity index is 427. The molecule has 0 atom stereocenters. The maximum absolute atomic E-state index is 10.8. The van der Waals surface area contributed by atoms with Crippen molar-refractivity contribution in [1.29, 1.82) is 0 Å². The maximum Gasteiger partial charge on any atom is 0.302 e. The van der Waals surface area contributed by atoms with E-state index < -0.39 is 0 Å². The van der Waals surface area contributed by atoms with Crippen LogP contribution < -0.4 is 4.74 Å². The van der Waals surface area contributed by atoms with Crippen LogP contribution in [0.2, 0.25) is 0 Å². The molecule has 0 fully saturated rings. The highest BCUT2D eigenvalue weighted by atomic mass is 24.3. The van der Waals surface area contributed by atoms with Crippen LogP contribution in [0.25, 0.3) is 0 Å². The fraction of sp³-hybridized carbons (Fsp3) is 0.400. The Kier molecular flexibility index (Phi) is 9.34. The van der Waals surface area contributed by atoms with E-state index in [1.165, 1.54) is 6.92 Å². The molecule has 4 heteroatoms. The maximum atomic E-state index is 10.8. The third-order valence-electron chi connectivity index (χ3n) is 2.56. The van der Waals surface area contributed by atoms with Gasteiger partial charge in [-0.05, 0) is 30.5 Å². The molecule has 19 heavy (non-hydrogen) atoms. The molecule has 3 nitrogen and oxygen atoms in total. The summed E-state index contributed by atoms with van der Waals surface area (Å²) in [5.74, 6) is 0.562. The smallest absolute Gasteiger partial charge is 0.302 e. The van der Waals surface area contributed by atoms with Crippen LogP contribution in [0.4, 0.5) is 0 Å². The molecule has 0 saturated carbocycles. The Morgan fingerprint density at radius 3 is 2.68 bits per heavy atom. The number of hydrogen-bond donors (Lipinski definition) is 0. The summed E-state index contributed by atoms with van der Waals surface area (Å²) in [7, 11) is 0. The van der Waals surface area contributed by atoms with E-state index in [-0.39, 0.29) is 29.0 Å². The van der Waals surface area contributed by atoms with Gasteiger partial charge >= 0.3 is 5.97 Å². The van der Waals surface area contributed by atoms with Crippen LogP contribution >= 0.6 is 0 Å². The Balaban J connectivity index is 0.00000324. The Morgan fingerprint density at radius 1 is 1.32 bits per heavy atom. The summed E-state index contributed by atoms with van der Waals surface area (Å²) < 4.78 is 10.7. The number of allylic oxidation sites excluding steroid dienone is 1. The van der Waals surface area contributed by atoms with Crippen molar-refractivity contribution in [1.82, 2.24) is 0 Å². The fourth-order valence-corrected chi connectivity index (χ4v) is 1.52. The highest BCUT2D eigenvalue weighted by Crippen LogP contribution is 2.22. The SMILES string of the molecule is CC/C=C\COc1cccc(COC(C)=O)c1C.[Mg]. The van der Waals surface area contributed by atoms with Gasteiger partial charge in [-0.2, -0.15) is 0 Å². The van der Waals surface area contributed by atoms with Crippen molar-refractivity contribution in [2.45, 2.75) is 33.8 Å². The van der Waals surface area contributed by atoms with E-state index in [9.17, 15) is 4.79 Å². The number of hydrogen-bond acceptors (Lipinski definition) is 3. The molecule has 2 radical (unpaired) electrons. The first-order chi connectivity index (χ1) is 8.65. The Labute approximate surface area is 131 Å². The van der Waals surface area contributed by atoms with Crippen molar-refractivity contribution in [3.8, 4) is 5.75 Å². The second kappa shape index (κ2) is 9.87. The first kappa shape index (κ1) is 18.0. The molecule has 0 heterocycles. The molecule has 100 valence electrons. The monoisotopic (exact) mass is 272 g/mol. The minimum atomic E-state index is -0.272. The van der Waals surface area contributed by atoms with Crippen LogP contribution in [0.5, 0.6) is 5.75 Å². The van der Waals surface area contributed by atoms with Crippen molar-refractivity contribution in [3.63, 3.8) is 0 Å². The molecule has 0 N–H and O–H groups in total. The van der Waals surface area contributed by atoms with Crippen molar-refractivity contribution < 1.29 is 14.3 Å². The van der Waals surface area contributed by atoms with Crippen molar-refractivity contribution in [2.24, 2.45) is 0 Å². The molecule has 1 aromatic carbocycles. The lowest BCUT2D eigenvalue weighted by Crippen LogP contribution is -2.02. The molecule has 1 aromatic rings. The predicted octanol–water partition coefficient (Wildman–Crippen LogP) is 3.02. The first-order valence-corrected chi connectivity index (χ1v) is 6.14. The molecule has 0 aliphatic rings. The predicted molar refractivity (Wildman–Crippen MR) is 77.3 cm³/mol. The van der Waals surface area contributed by atoms with Crippen LogP contribution in [-0.4, -0.2) is 35.6 Å². The molecule has 0 unspecified atom stereocenters. The van der Waals surface area contributed by atoms with Gasteiger partial charge in [0.2, 0.25) is 0 Å². The zero-order chi connectivity index (χ0) is 13.4. The largest absolute Gasteiger partial charge is 0.489 e. The molecule has 0 bridgehead atoms. The molecule has 0 spiro atoms. The summed E-state index contributed by atoms with van der Waals surface area (Å²) in [6.45, 7) is 6.32. The summed E-state index contributed by atoms with van der Waals surface area (Å²) in [6, 6.07) is 5.77. The molecule has 0 amide bonds. The van der Waals surface area contributed by atoms with Crippen LogP contribution in [-0.2, 0) is 16.1 Å². The molecular weight excluding hydrogens is 252 g/mol. The van der Waals surface area contributed by atoms with E-state index in [1.54, 1.807) is 0 Å². The van der Waals surface area contributed by atoms with Crippen LogP contribution in [0, 0.1) is 6.92 Å². The van der Waals surface area contributed by atoms with Gasteiger partial charge < -0.3 is 9.47 Å². The van der Waals surface area contributed by atoms with Gasteiger partial charge in [-0.25, -0.2) is 0 Å². The van der Waals surface area contributed by atoms with Crippen LogP contribution in [0.15, 0.2) is 30.4 Å². The zero-order valence-corrected chi connectivity index (χ0v) is 13.4. The van der Waals surface area contributed by atoms with E-state index >= 15 is 0 Å². The highest BCUT2D eigenvalue weighted by molar-refractivity contribution is 5.75. The lowest BCUT2D eigenvalue weighted by atomic mass is 10.1. The van der Waals surface area contributed by atoms with E-state index in [0.717, 1.165) is 23.3 Å². The normalized spacial score (nSPS) is 10.1. The number of carbonyl (C=O) groups excluding carboxylic acids is 1. The number of carbonyl (C=O) groups is 1. The summed E-state index contributed by atoms with van der Waals surface area (Å²) in [5, 5.41) is 0. The van der Waals surface area contributed by atoms with Crippen LogP contribution in [0.1, 0.15) is 31.4 Å². The van der Waals surface area contributed by atoms with Gasteiger partial charge in [-0.1, -0.05) is 31.2 Å². The summed E-state index contributed by atoms with van der Waals surface area (Å²) in [4.78, 5) is 10.8. The third kappa shape index (κ3) is 6.64. The number of rotatable bonds is 6. The molecule has 0 saturated heterocycles. The average molecular weight is 273 g/mol. The van der Waals surface area contributed by atoms with E-state index in [0.29, 0.717) is 13.2 Å². The molecule has 0 aromatic heterocycles. The standard InChI is InChI=1S/C15H20O3.Mg/c1-4-5-6-10-17-15-9-7-8-14(12(15)2)11-18-13(3)16;/h5-9H,4,10-11H2,1-3H3;/b6-5-;. The van der Waals surface area contributed by atoms with Gasteiger partial charge in [0.1, 0.15) is 19.0 Å². The van der Waals surface area contributed by atoms with Crippen molar-refractivity contribution >= 4 is 29.0 Å². The minimum absolute atomic E-state index is 0. The summed E-state index contributed by atoms with van der Waals surface area (Å²) in [5.41, 5.74) is 1.99. The van der Waals surface area contributed by atoms with E-state index in [1.807, 2.05) is 31.2 Å². The topological polar surface area (TPSA) is 35.5 Å². The van der Waals surface area contributed by atoms with Crippen molar-refractivity contribution in [3.05, 3.63) is 41.5 Å². The van der Waals surface area contributed by atoms with Gasteiger partial charge in [0.05, 0.1) is 0 Å². The summed E-state index contributed by atoms with van der Waals surface area (Å²) in [6.07, 6.45) is 5.07. The number of benzene rings is 1. The zero-order valence-electron chi connectivity index (χ0n) is 11.9. The third-order valence-corrected chi connectivity index (χ3v) is 2.56. The molecule has 0 aliphatic heterocycles. The van der Waals surface area contributed by atoms with Gasteiger partial charge in [-0.15, -0.1) is 0 Å². The molecular formula is C15H20MgO3. The summed E-state index contributed by atoms with van der Waals surface area (Å²) >= 11 is 0. The Hall–Kier alpha value is -1.00. The minimum Gasteiger partial charge on any atom is -0.489 e. The lowest BCUT2D eigenvalue weighted by molar-refractivity contribution is -0.142. The Morgan fingerprint density at radius 2 is 2.05 bits per heavy atom. The van der Waals surface area contributed by atoms with Gasteiger partial charge in [0.15, 0.2) is 0 Å². The second-order valence-corrected chi connectivity index (χ2v) is 4.01. The van der Waals surface area contributed by atoms with Gasteiger partial charge in [-0.3, -0.25) is 4.79 Å². The first-order valence-electron chi connectivity index (χ1n) is 6.14. The van der Waals surface area contributed by atoms with E-state index in [4.69, 9.17) is 9.47 Å². The number of esters is 1. The van der Waals surface area contributed by atoms with E-state index in [2.05, 4.69) is 13.0 Å². The lowest BCUT2D eigenvalue weighted by Gasteiger charge is -2.11. The molecule has 0 aliphatic carbocycles. The molecule has 1 rings (SSSR count). The highest BCUT2D eigenvalue weighted by Gasteiger charge is 2.05. The second-order valence-electron chi connectivity index (χ2n) is 4.01. The van der Waals surface area contributed by atoms with Crippen molar-refractivity contribution in [2.75, 3.05) is 6.61 Å². The fourth-order valence-electron chi connectivity index (χ4n) is 1.52. The van der Waals surface area contributed by atoms with Gasteiger partial charge in [0.25, 0.3) is 0 Å². The van der Waals surface area contributed by atoms with Gasteiger partial charge in [0, 0.05) is 30.0 Å².